The Morgan fingerprint density at radius 2 is 1.59 bits per heavy atom. The Bertz CT molecular complexity index is 1690. The second kappa shape index (κ2) is 9.98. The number of rotatable bonds is 5. The zero-order valence-corrected chi connectivity index (χ0v) is 23.5. The third kappa shape index (κ3) is 4.22. The molecule has 39 heavy (non-hydrogen) atoms. The Balaban J connectivity index is 1.87. The van der Waals surface area contributed by atoms with Crippen LogP contribution in [0, 0.1) is 20.8 Å². The minimum Gasteiger partial charge on any atom is -0.507 e. The Morgan fingerprint density at radius 3 is 2.23 bits per heavy atom. The third-order valence-electron chi connectivity index (χ3n) is 6.94. The first kappa shape index (κ1) is 26.7. The van der Waals surface area contributed by atoms with E-state index in [1.807, 2.05) is 63.2 Å². The number of aromatic amines is 1. The fourth-order valence-electron chi connectivity index (χ4n) is 5.40. The van der Waals surface area contributed by atoms with E-state index in [2.05, 4.69) is 4.98 Å². The number of halogens is 2. The topological polar surface area (TPSA) is 91.9 Å². The molecule has 0 spiro atoms. The van der Waals surface area contributed by atoms with Gasteiger partial charge < -0.3 is 19.6 Å². The highest BCUT2D eigenvalue weighted by atomic mass is 35.5. The monoisotopic (exact) mass is 564 g/mol. The number of para-hydroxylation sites is 1. The van der Waals surface area contributed by atoms with E-state index in [9.17, 15) is 14.7 Å². The Morgan fingerprint density at radius 1 is 0.949 bits per heavy atom. The number of benzene rings is 3. The molecule has 0 saturated carbocycles. The Hall–Kier alpha value is -3.94. The lowest BCUT2D eigenvalue weighted by Crippen LogP contribution is -2.29. The van der Waals surface area contributed by atoms with E-state index >= 15 is 0 Å². The SMILES string of the molecule is COc1c(Cl)cc(/C(O)=C2\C(=O)C(=O)N(c3cc(C)cc(C)c3)C2c2c(C)[nH]c3ccccc23)c(OC)c1Cl. The Labute approximate surface area is 235 Å². The number of ketones is 1. The quantitative estimate of drug-likeness (QED) is 0.154. The molecule has 9 heteroatoms. The summed E-state index contributed by atoms with van der Waals surface area (Å²) in [6.45, 7) is 5.72. The molecular weight excluding hydrogens is 539 g/mol. The van der Waals surface area contributed by atoms with Crippen molar-refractivity contribution in [3.05, 3.63) is 92.1 Å². The molecular formula is C30H26Cl2N2O5. The molecule has 1 saturated heterocycles. The molecule has 0 radical (unpaired) electrons. The van der Waals surface area contributed by atoms with E-state index in [4.69, 9.17) is 32.7 Å². The number of aliphatic hydroxyl groups excluding tert-OH is 1. The van der Waals surface area contributed by atoms with Gasteiger partial charge in [0.05, 0.1) is 36.4 Å². The number of hydrogen-bond acceptors (Lipinski definition) is 5. The first-order chi connectivity index (χ1) is 18.6. The van der Waals surface area contributed by atoms with Gasteiger partial charge in [0.25, 0.3) is 11.7 Å². The number of amides is 1. The number of nitrogens with zero attached hydrogens (tertiary/aromatic N) is 1. The number of methoxy groups -OCH3 is 2. The molecule has 1 aliphatic rings. The van der Waals surface area contributed by atoms with Gasteiger partial charge in [-0.2, -0.15) is 0 Å². The molecule has 3 aromatic carbocycles. The van der Waals surface area contributed by atoms with Crippen molar-refractivity contribution in [2.24, 2.45) is 0 Å². The van der Waals surface area contributed by atoms with Gasteiger partial charge in [0.1, 0.15) is 10.8 Å². The summed E-state index contributed by atoms with van der Waals surface area (Å²) in [4.78, 5) is 32.3. The molecule has 1 atom stereocenters. The molecule has 5 rings (SSSR count). The summed E-state index contributed by atoms with van der Waals surface area (Å²) in [5.41, 5.74) is 4.63. The van der Waals surface area contributed by atoms with Crippen LogP contribution in [-0.4, -0.2) is 36.0 Å². The van der Waals surface area contributed by atoms with Gasteiger partial charge in [0.2, 0.25) is 0 Å². The maximum absolute atomic E-state index is 13.8. The predicted octanol–water partition coefficient (Wildman–Crippen LogP) is 7.04. The standard InChI is InChI=1S/C30H26Cl2N2O5/c1-14-10-15(2)12-17(11-14)34-25(22-16(3)33-21-9-7-6-8-18(21)22)23(27(36)30(34)37)26(35)19-13-20(31)29(39-5)24(32)28(19)38-4/h6-13,25,33,35H,1-5H3/b26-23+. The normalized spacial score (nSPS) is 16.8. The van der Waals surface area contributed by atoms with Gasteiger partial charge in [-0.15, -0.1) is 0 Å². The molecule has 1 aliphatic heterocycles. The van der Waals surface area contributed by atoms with Gasteiger partial charge in [-0.25, -0.2) is 0 Å². The molecule has 1 aromatic heterocycles. The number of fused-ring (bicyclic) bond motifs is 1. The van der Waals surface area contributed by atoms with E-state index < -0.39 is 23.5 Å². The van der Waals surface area contributed by atoms with Gasteiger partial charge in [0.15, 0.2) is 11.5 Å². The molecule has 0 bridgehead atoms. The van der Waals surface area contributed by atoms with Crippen LogP contribution in [0.25, 0.3) is 16.7 Å². The number of aliphatic hydroxyl groups is 1. The lowest BCUT2D eigenvalue weighted by Gasteiger charge is -2.26. The molecule has 4 aromatic rings. The molecule has 1 amide bonds. The summed E-state index contributed by atoms with van der Waals surface area (Å²) in [7, 11) is 2.78. The fraction of sp³-hybridized carbons (Fsp3) is 0.200. The van der Waals surface area contributed by atoms with E-state index in [0.29, 0.717) is 11.3 Å². The maximum Gasteiger partial charge on any atom is 0.300 e. The number of H-pyrrole nitrogens is 1. The maximum atomic E-state index is 13.8. The minimum atomic E-state index is -0.952. The number of aromatic nitrogens is 1. The summed E-state index contributed by atoms with van der Waals surface area (Å²) in [5, 5.41) is 12.7. The number of carbonyl (C=O) groups excluding carboxylic acids is 2. The van der Waals surface area contributed by atoms with Crippen LogP contribution in [0.5, 0.6) is 11.5 Å². The predicted molar refractivity (Wildman–Crippen MR) is 153 cm³/mol. The van der Waals surface area contributed by atoms with E-state index in [1.165, 1.54) is 25.2 Å². The van der Waals surface area contributed by atoms with Crippen LogP contribution < -0.4 is 14.4 Å². The average Bonchev–Trinajstić information content (AvgIpc) is 3.35. The summed E-state index contributed by atoms with van der Waals surface area (Å²) in [5.74, 6) is -1.85. The highest BCUT2D eigenvalue weighted by Crippen LogP contribution is 2.49. The summed E-state index contributed by atoms with van der Waals surface area (Å²) in [6, 6.07) is 13.7. The van der Waals surface area contributed by atoms with E-state index in [-0.39, 0.29) is 32.7 Å². The van der Waals surface area contributed by atoms with E-state index in [1.54, 1.807) is 0 Å². The minimum absolute atomic E-state index is 0.0254. The second-order valence-electron chi connectivity index (χ2n) is 9.51. The van der Waals surface area contributed by atoms with Crippen molar-refractivity contribution in [3.8, 4) is 11.5 Å². The molecule has 1 unspecified atom stereocenters. The number of ether oxygens (including phenoxy) is 2. The van der Waals surface area contributed by atoms with Crippen LogP contribution in [0.15, 0.2) is 54.1 Å². The van der Waals surface area contributed by atoms with Crippen LogP contribution >= 0.6 is 23.2 Å². The lowest BCUT2D eigenvalue weighted by atomic mass is 9.92. The average molecular weight is 565 g/mol. The van der Waals surface area contributed by atoms with Gasteiger partial charge in [-0.1, -0.05) is 47.5 Å². The molecule has 2 heterocycles. The lowest BCUT2D eigenvalue weighted by molar-refractivity contribution is -0.132. The van der Waals surface area contributed by atoms with Crippen LogP contribution in [-0.2, 0) is 9.59 Å². The summed E-state index contributed by atoms with van der Waals surface area (Å²) >= 11 is 12.9. The van der Waals surface area contributed by atoms with Gasteiger partial charge in [-0.05, 0) is 56.2 Å². The molecule has 1 fully saturated rings. The van der Waals surface area contributed by atoms with Crippen LogP contribution in [0.4, 0.5) is 5.69 Å². The first-order valence-corrected chi connectivity index (χ1v) is 12.9. The van der Waals surface area contributed by atoms with Gasteiger partial charge >= 0.3 is 0 Å². The summed E-state index contributed by atoms with van der Waals surface area (Å²) < 4.78 is 10.8. The van der Waals surface area contributed by atoms with Crippen molar-refractivity contribution in [2.75, 3.05) is 19.1 Å². The van der Waals surface area contributed by atoms with Crippen molar-refractivity contribution >= 4 is 57.2 Å². The zero-order chi connectivity index (χ0) is 28.2. The molecule has 0 aliphatic carbocycles. The zero-order valence-electron chi connectivity index (χ0n) is 22.0. The van der Waals surface area contributed by atoms with Crippen molar-refractivity contribution < 1.29 is 24.2 Å². The first-order valence-electron chi connectivity index (χ1n) is 12.2. The van der Waals surface area contributed by atoms with Crippen molar-refractivity contribution in [1.29, 1.82) is 0 Å². The largest absolute Gasteiger partial charge is 0.507 e. The van der Waals surface area contributed by atoms with Crippen molar-refractivity contribution in [2.45, 2.75) is 26.8 Å². The van der Waals surface area contributed by atoms with Crippen molar-refractivity contribution in [1.82, 2.24) is 4.98 Å². The third-order valence-corrected chi connectivity index (χ3v) is 7.56. The number of nitrogens with one attached hydrogen (secondary N) is 1. The Kier molecular flexibility index (Phi) is 6.83. The fourth-order valence-corrected chi connectivity index (χ4v) is 6.09. The number of carbonyl (C=O) groups is 2. The smallest absolute Gasteiger partial charge is 0.300 e. The number of Topliss-reactive ketones (excluding diaryl/α,β-unsaturated/α-hetero) is 1. The molecule has 2 N–H and O–H groups in total. The van der Waals surface area contributed by atoms with Gasteiger partial charge in [-0.3, -0.25) is 14.5 Å². The summed E-state index contributed by atoms with van der Waals surface area (Å²) in [6.07, 6.45) is 0. The van der Waals surface area contributed by atoms with Crippen LogP contribution in [0.3, 0.4) is 0 Å². The number of hydrogen-bond donors (Lipinski definition) is 2. The highest BCUT2D eigenvalue weighted by molar-refractivity contribution is 6.52. The van der Waals surface area contributed by atoms with E-state index in [0.717, 1.165) is 27.7 Å². The van der Waals surface area contributed by atoms with Crippen LogP contribution in [0.1, 0.15) is 34.0 Å². The van der Waals surface area contributed by atoms with Crippen LogP contribution in [0.2, 0.25) is 10.0 Å². The molecule has 7 nitrogen and oxygen atoms in total. The highest BCUT2D eigenvalue weighted by Gasteiger charge is 2.48. The van der Waals surface area contributed by atoms with Crippen molar-refractivity contribution in [3.63, 3.8) is 0 Å². The number of anilines is 1. The molecule has 200 valence electrons. The number of aryl methyl sites for hydroxylation is 3. The second-order valence-corrected chi connectivity index (χ2v) is 10.3. The van der Waals surface area contributed by atoms with Gasteiger partial charge in [0, 0.05) is 27.8 Å².